The quantitative estimate of drug-likeness (QED) is 0.883. The zero-order valence-corrected chi connectivity index (χ0v) is 12.1. The van der Waals surface area contributed by atoms with Crippen molar-refractivity contribution in [1.82, 2.24) is 4.90 Å². The Labute approximate surface area is 117 Å². The summed E-state index contributed by atoms with van der Waals surface area (Å²) in [4.78, 5) is 2.70. The summed E-state index contributed by atoms with van der Waals surface area (Å²) in [7, 11) is 0. The average molecular weight is 258 g/mol. The van der Waals surface area contributed by atoms with Gasteiger partial charge in [-0.05, 0) is 49.3 Å². The molecule has 104 valence electrons. The molecule has 2 N–H and O–H groups in total. The van der Waals surface area contributed by atoms with E-state index >= 15 is 0 Å². The molecule has 1 aromatic rings. The van der Waals surface area contributed by atoms with Crippen LogP contribution in [0.3, 0.4) is 0 Å². The average Bonchev–Trinajstić information content (AvgIpc) is 2.69. The molecule has 1 aliphatic heterocycles. The van der Waals surface area contributed by atoms with Gasteiger partial charge in [-0.25, -0.2) is 0 Å². The van der Waals surface area contributed by atoms with Gasteiger partial charge < -0.3 is 5.73 Å². The molecule has 1 saturated carbocycles. The van der Waals surface area contributed by atoms with Gasteiger partial charge in [-0.15, -0.1) is 0 Å². The third-order valence-electron chi connectivity index (χ3n) is 5.50. The van der Waals surface area contributed by atoms with Gasteiger partial charge in [0.15, 0.2) is 0 Å². The lowest BCUT2D eigenvalue weighted by Gasteiger charge is -2.43. The van der Waals surface area contributed by atoms with E-state index in [0.717, 1.165) is 19.0 Å². The zero-order valence-electron chi connectivity index (χ0n) is 12.1. The highest BCUT2D eigenvalue weighted by Gasteiger charge is 2.44. The molecule has 2 unspecified atom stereocenters. The fourth-order valence-electron chi connectivity index (χ4n) is 4.21. The predicted octanol–water partition coefficient (Wildman–Crippen LogP) is 2.95. The minimum atomic E-state index is 0.261. The standard InChI is InChI=1S/C17H26N2/c1-14-6-4-10-17(14,13-18)19-11-5-9-15-7-2-3-8-16(15)12-19/h2-3,7-8,14H,4-6,9-13,18H2,1H3. The summed E-state index contributed by atoms with van der Waals surface area (Å²) in [5.74, 6) is 0.739. The van der Waals surface area contributed by atoms with E-state index in [0.29, 0.717) is 0 Å². The second kappa shape index (κ2) is 5.26. The Morgan fingerprint density at radius 3 is 2.74 bits per heavy atom. The van der Waals surface area contributed by atoms with Crippen LogP contribution in [0.4, 0.5) is 0 Å². The Morgan fingerprint density at radius 2 is 2.05 bits per heavy atom. The second-order valence-electron chi connectivity index (χ2n) is 6.39. The summed E-state index contributed by atoms with van der Waals surface area (Å²) in [5.41, 5.74) is 9.55. The number of hydrogen-bond donors (Lipinski definition) is 1. The van der Waals surface area contributed by atoms with E-state index < -0.39 is 0 Å². The van der Waals surface area contributed by atoms with Gasteiger partial charge in [0, 0.05) is 18.6 Å². The number of hydrogen-bond acceptors (Lipinski definition) is 2. The molecule has 2 nitrogen and oxygen atoms in total. The molecule has 2 heteroatoms. The molecule has 0 aromatic heterocycles. The zero-order chi connectivity index (χ0) is 13.3. The highest BCUT2D eigenvalue weighted by atomic mass is 15.2. The number of rotatable bonds is 2. The normalized spacial score (nSPS) is 32.0. The molecule has 1 aliphatic carbocycles. The molecule has 2 atom stereocenters. The van der Waals surface area contributed by atoms with Gasteiger partial charge in [0.1, 0.15) is 0 Å². The number of nitrogens with two attached hydrogens (primary N) is 1. The topological polar surface area (TPSA) is 29.3 Å². The third kappa shape index (κ3) is 2.21. The van der Waals surface area contributed by atoms with E-state index in [1.165, 1.54) is 44.2 Å². The van der Waals surface area contributed by atoms with Gasteiger partial charge >= 0.3 is 0 Å². The maximum atomic E-state index is 6.22. The minimum Gasteiger partial charge on any atom is -0.329 e. The van der Waals surface area contributed by atoms with Crippen molar-refractivity contribution in [3.63, 3.8) is 0 Å². The van der Waals surface area contributed by atoms with Crippen LogP contribution in [0.5, 0.6) is 0 Å². The molecule has 0 bridgehead atoms. The molecule has 1 heterocycles. The van der Waals surface area contributed by atoms with E-state index in [4.69, 9.17) is 5.73 Å². The van der Waals surface area contributed by atoms with Crippen molar-refractivity contribution in [1.29, 1.82) is 0 Å². The van der Waals surface area contributed by atoms with Gasteiger partial charge in [0.2, 0.25) is 0 Å². The Hall–Kier alpha value is -0.860. The Balaban J connectivity index is 1.89. The van der Waals surface area contributed by atoms with Crippen LogP contribution in [0.25, 0.3) is 0 Å². The van der Waals surface area contributed by atoms with E-state index in [1.54, 1.807) is 5.56 Å². The molecule has 0 radical (unpaired) electrons. The first-order valence-corrected chi connectivity index (χ1v) is 7.78. The summed E-state index contributed by atoms with van der Waals surface area (Å²) >= 11 is 0. The van der Waals surface area contributed by atoms with Crippen LogP contribution in [0.2, 0.25) is 0 Å². The predicted molar refractivity (Wildman–Crippen MR) is 80.0 cm³/mol. The lowest BCUT2D eigenvalue weighted by atomic mass is 9.86. The van der Waals surface area contributed by atoms with Crippen molar-refractivity contribution in [2.75, 3.05) is 13.1 Å². The number of nitrogens with zero attached hydrogens (tertiary/aromatic N) is 1. The van der Waals surface area contributed by atoms with E-state index in [-0.39, 0.29) is 5.54 Å². The number of fused-ring (bicyclic) bond motifs is 1. The van der Waals surface area contributed by atoms with Gasteiger partial charge in [-0.1, -0.05) is 37.6 Å². The highest BCUT2D eigenvalue weighted by molar-refractivity contribution is 5.28. The lowest BCUT2D eigenvalue weighted by molar-refractivity contribution is 0.0574. The van der Waals surface area contributed by atoms with Crippen LogP contribution >= 0.6 is 0 Å². The van der Waals surface area contributed by atoms with E-state index in [9.17, 15) is 0 Å². The van der Waals surface area contributed by atoms with Crippen LogP contribution in [0.15, 0.2) is 24.3 Å². The third-order valence-corrected chi connectivity index (χ3v) is 5.50. The Bertz CT molecular complexity index is 443. The van der Waals surface area contributed by atoms with Gasteiger partial charge in [0.05, 0.1) is 0 Å². The maximum Gasteiger partial charge on any atom is 0.0360 e. The molecule has 0 spiro atoms. The van der Waals surface area contributed by atoms with Crippen LogP contribution < -0.4 is 5.73 Å². The first-order chi connectivity index (χ1) is 9.26. The fourth-order valence-corrected chi connectivity index (χ4v) is 4.21. The fraction of sp³-hybridized carbons (Fsp3) is 0.647. The van der Waals surface area contributed by atoms with Crippen LogP contribution in [0.1, 0.15) is 43.7 Å². The van der Waals surface area contributed by atoms with Gasteiger partial charge in [-0.2, -0.15) is 0 Å². The highest BCUT2D eigenvalue weighted by Crippen LogP contribution is 2.41. The summed E-state index contributed by atoms with van der Waals surface area (Å²) in [6, 6.07) is 8.95. The second-order valence-corrected chi connectivity index (χ2v) is 6.39. The number of aryl methyl sites for hydroxylation is 1. The van der Waals surface area contributed by atoms with Crippen molar-refractivity contribution in [2.24, 2.45) is 11.7 Å². The first-order valence-electron chi connectivity index (χ1n) is 7.78. The minimum absolute atomic E-state index is 0.261. The van der Waals surface area contributed by atoms with Gasteiger partial charge in [-0.3, -0.25) is 4.90 Å². The summed E-state index contributed by atoms with van der Waals surface area (Å²) in [5, 5.41) is 0. The Kier molecular flexibility index (Phi) is 3.64. The molecule has 2 aliphatic rings. The largest absolute Gasteiger partial charge is 0.329 e. The first kappa shape index (κ1) is 13.1. The van der Waals surface area contributed by atoms with Crippen molar-refractivity contribution in [2.45, 2.75) is 51.1 Å². The smallest absolute Gasteiger partial charge is 0.0360 e. The molecule has 19 heavy (non-hydrogen) atoms. The summed E-state index contributed by atoms with van der Waals surface area (Å²) in [6.07, 6.45) is 6.46. The monoisotopic (exact) mass is 258 g/mol. The molecular formula is C17H26N2. The SMILES string of the molecule is CC1CCCC1(CN)N1CCCc2ccccc2C1. The molecule has 1 fully saturated rings. The molecule has 0 amide bonds. The van der Waals surface area contributed by atoms with Crippen LogP contribution in [-0.2, 0) is 13.0 Å². The molecular weight excluding hydrogens is 232 g/mol. The maximum absolute atomic E-state index is 6.22. The van der Waals surface area contributed by atoms with Crippen molar-refractivity contribution >= 4 is 0 Å². The van der Waals surface area contributed by atoms with Crippen LogP contribution in [-0.4, -0.2) is 23.5 Å². The molecule has 3 rings (SSSR count). The van der Waals surface area contributed by atoms with E-state index in [1.807, 2.05) is 0 Å². The van der Waals surface area contributed by atoms with Crippen molar-refractivity contribution in [3.8, 4) is 0 Å². The van der Waals surface area contributed by atoms with E-state index in [2.05, 4.69) is 36.1 Å². The Morgan fingerprint density at radius 1 is 1.26 bits per heavy atom. The molecule has 0 saturated heterocycles. The van der Waals surface area contributed by atoms with Crippen LogP contribution in [0, 0.1) is 5.92 Å². The van der Waals surface area contributed by atoms with Crippen molar-refractivity contribution < 1.29 is 0 Å². The summed E-state index contributed by atoms with van der Waals surface area (Å²) in [6.45, 7) is 5.51. The molecule has 1 aromatic carbocycles. The van der Waals surface area contributed by atoms with Crippen molar-refractivity contribution in [3.05, 3.63) is 35.4 Å². The summed E-state index contributed by atoms with van der Waals surface area (Å²) < 4.78 is 0. The number of benzene rings is 1. The van der Waals surface area contributed by atoms with Gasteiger partial charge in [0.25, 0.3) is 0 Å². The lowest BCUT2D eigenvalue weighted by Crippen LogP contribution is -2.55.